The molecule has 27 heavy (non-hydrogen) atoms. The standard InChI is InChI=1S/C19H19N3O3S2/c1-22(13-18(23)21-15-8-4-9-16(12-15)26-2)27(24,25)17-10-3-6-14-7-5-11-20-19(14)17/h3-12H,13H2,1-2H3,(H,21,23). The third-order valence-corrected chi connectivity index (χ3v) is 6.56. The first-order valence-electron chi connectivity index (χ1n) is 8.16. The lowest BCUT2D eigenvalue weighted by Crippen LogP contribution is -2.35. The van der Waals surface area contributed by atoms with E-state index in [0.29, 0.717) is 11.2 Å². The maximum Gasteiger partial charge on any atom is 0.245 e. The minimum Gasteiger partial charge on any atom is -0.325 e. The molecule has 6 nitrogen and oxygen atoms in total. The molecule has 0 aliphatic rings. The number of likely N-dealkylation sites (N-methyl/N-ethyl adjacent to an activating group) is 1. The molecule has 0 radical (unpaired) electrons. The summed E-state index contributed by atoms with van der Waals surface area (Å²) in [6.07, 6.45) is 3.49. The van der Waals surface area contributed by atoms with E-state index in [-0.39, 0.29) is 11.4 Å². The number of fused-ring (bicyclic) bond motifs is 1. The SMILES string of the molecule is CSc1cccc(NC(=O)CN(C)S(=O)(=O)c2cccc3cccnc23)c1. The molecule has 1 N–H and O–H groups in total. The van der Waals surface area contributed by atoms with Crippen molar-refractivity contribution in [3.05, 3.63) is 60.8 Å². The maximum absolute atomic E-state index is 12.9. The smallest absolute Gasteiger partial charge is 0.245 e. The molecule has 0 spiro atoms. The average molecular weight is 402 g/mol. The number of hydrogen-bond acceptors (Lipinski definition) is 5. The van der Waals surface area contributed by atoms with Crippen LogP contribution in [0.4, 0.5) is 5.69 Å². The van der Waals surface area contributed by atoms with Gasteiger partial charge in [-0.05, 0) is 36.6 Å². The fourth-order valence-electron chi connectivity index (χ4n) is 2.64. The minimum atomic E-state index is -3.86. The van der Waals surface area contributed by atoms with Crippen molar-refractivity contribution in [3.8, 4) is 0 Å². The van der Waals surface area contributed by atoms with Gasteiger partial charge in [0.1, 0.15) is 4.90 Å². The van der Waals surface area contributed by atoms with Crippen LogP contribution in [0.3, 0.4) is 0 Å². The number of rotatable bonds is 6. The van der Waals surface area contributed by atoms with Gasteiger partial charge in [0.05, 0.1) is 12.1 Å². The van der Waals surface area contributed by atoms with Crippen LogP contribution in [0, 0.1) is 0 Å². The van der Waals surface area contributed by atoms with Crippen LogP contribution in [0.1, 0.15) is 0 Å². The Hall–Kier alpha value is -2.42. The number of sulfonamides is 1. The van der Waals surface area contributed by atoms with Crippen molar-refractivity contribution in [2.75, 3.05) is 25.2 Å². The number of thioether (sulfide) groups is 1. The lowest BCUT2D eigenvalue weighted by molar-refractivity contribution is -0.116. The van der Waals surface area contributed by atoms with Gasteiger partial charge < -0.3 is 5.32 Å². The minimum absolute atomic E-state index is 0.0836. The fourth-order valence-corrected chi connectivity index (χ4v) is 4.39. The van der Waals surface area contributed by atoms with Crippen LogP contribution in [0.15, 0.2) is 70.6 Å². The highest BCUT2D eigenvalue weighted by Crippen LogP contribution is 2.23. The number of para-hydroxylation sites is 1. The molecule has 3 aromatic rings. The number of anilines is 1. The van der Waals surface area contributed by atoms with E-state index in [0.717, 1.165) is 14.6 Å². The highest BCUT2D eigenvalue weighted by molar-refractivity contribution is 7.98. The van der Waals surface area contributed by atoms with Crippen LogP contribution in [0.25, 0.3) is 10.9 Å². The van der Waals surface area contributed by atoms with E-state index in [1.165, 1.54) is 13.1 Å². The van der Waals surface area contributed by atoms with E-state index in [1.807, 2.05) is 24.5 Å². The summed E-state index contributed by atoms with van der Waals surface area (Å²) in [6.45, 7) is -0.297. The second-order valence-electron chi connectivity index (χ2n) is 5.87. The lowest BCUT2D eigenvalue weighted by Gasteiger charge is -2.18. The Labute approximate surface area is 162 Å². The Morgan fingerprint density at radius 3 is 2.67 bits per heavy atom. The number of pyridine rings is 1. The normalized spacial score (nSPS) is 11.7. The molecule has 0 fully saturated rings. The van der Waals surface area contributed by atoms with Gasteiger partial charge in [-0.2, -0.15) is 4.31 Å². The van der Waals surface area contributed by atoms with Gasteiger partial charge in [-0.25, -0.2) is 8.42 Å². The quantitative estimate of drug-likeness (QED) is 0.642. The first-order valence-corrected chi connectivity index (χ1v) is 10.8. The van der Waals surface area contributed by atoms with Crippen LogP contribution < -0.4 is 5.32 Å². The van der Waals surface area contributed by atoms with E-state index < -0.39 is 15.9 Å². The van der Waals surface area contributed by atoms with Crippen LogP contribution >= 0.6 is 11.8 Å². The Balaban J connectivity index is 1.79. The molecule has 140 valence electrons. The van der Waals surface area contributed by atoms with Crippen molar-refractivity contribution in [1.82, 2.24) is 9.29 Å². The third kappa shape index (κ3) is 4.29. The van der Waals surface area contributed by atoms with Crippen molar-refractivity contribution in [1.29, 1.82) is 0 Å². The molecule has 0 bridgehead atoms. The lowest BCUT2D eigenvalue weighted by atomic mass is 10.2. The molecule has 0 aliphatic heterocycles. The molecule has 0 aliphatic carbocycles. The second kappa shape index (κ2) is 8.08. The van der Waals surface area contributed by atoms with Crippen molar-refractivity contribution in [2.45, 2.75) is 9.79 Å². The first-order chi connectivity index (χ1) is 12.9. The zero-order chi connectivity index (χ0) is 19.4. The van der Waals surface area contributed by atoms with Crippen LogP contribution in [-0.2, 0) is 14.8 Å². The molecular weight excluding hydrogens is 382 g/mol. The first kappa shape index (κ1) is 19.3. The highest BCUT2D eigenvalue weighted by atomic mass is 32.2. The van der Waals surface area contributed by atoms with Gasteiger partial charge in [0, 0.05) is 29.2 Å². The van der Waals surface area contributed by atoms with Gasteiger partial charge >= 0.3 is 0 Å². The summed E-state index contributed by atoms with van der Waals surface area (Å²) in [7, 11) is -2.48. The summed E-state index contributed by atoms with van der Waals surface area (Å²) in [4.78, 5) is 17.6. The van der Waals surface area contributed by atoms with Gasteiger partial charge in [-0.1, -0.05) is 24.3 Å². The number of hydrogen-bond donors (Lipinski definition) is 1. The fraction of sp³-hybridized carbons (Fsp3) is 0.158. The van der Waals surface area contributed by atoms with Gasteiger partial charge in [-0.3, -0.25) is 9.78 Å². The molecular formula is C19H19N3O3S2. The van der Waals surface area contributed by atoms with Crippen LogP contribution in [0.5, 0.6) is 0 Å². The van der Waals surface area contributed by atoms with Crippen molar-refractivity contribution < 1.29 is 13.2 Å². The number of carbonyl (C=O) groups excluding carboxylic acids is 1. The molecule has 3 rings (SSSR count). The van der Waals surface area contributed by atoms with E-state index in [9.17, 15) is 13.2 Å². The van der Waals surface area contributed by atoms with Gasteiger partial charge in [0.25, 0.3) is 0 Å². The van der Waals surface area contributed by atoms with Crippen molar-refractivity contribution in [3.63, 3.8) is 0 Å². The molecule has 0 saturated heterocycles. The number of amides is 1. The van der Waals surface area contributed by atoms with Gasteiger partial charge in [0.15, 0.2) is 0 Å². The summed E-state index contributed by atoms with van der Waals surface area (Å²) in [5, 5.41) is 3.46. The highest BCUT2D eigenvalue weighted by Gasteiger charge is 2.25. The number of aromatic nitrogens is 1. The van der Waals surface area contributed by atoms with Crippen molar-refractivity contribution >= 4 is 44.3 Å². The predicted molar refractivity (Wildman–Crippen MR) is 108 cm³/mol. The van der Waals surface area contributed by atoms with Crippen LogP contribution in [0.2, 0.25) is 0 Å². The maximum atomic E-state index is 12.9. The van der Waals surface area contributed by atoms with E-state index in [2.05, 4.69) is 10.3 Å². The van der Waals surface area contributed by atoms with Gasteiger partial charge in [-0.15, -0.1) is 11.8 Å². The van der Waals surface area contributed by atoms with E-state index in [4.69, 9.17) is 0 Å². The number of benzene rings is 2. The average Bonchev–Trinajstić information content (AvgIpc) is 2.67. The molecule has 0 unspecified atom stereocenters. The van der Waals surface area contributed by atoms with Crippen LogP contribution in [-0.4, -0.2) is 43.5 Å². The van der Waals surface area contributed by atoms with E-state index in [1.54, 1.807) is 48.3 Å². The molecule has 0 saturated carbocycles. The zero-order valence-electron chi connectivity index (χ0n) is 14.9. The number of nitrogens with zero attached hydrogens (tertiary/aromatic N) is 2. The molecule has 1 heterocycles. The van der Waals surface area contributed by atoms with Crippen molar-refractivity contribution in [2.24, 2.45) is 0 Å². The Morgan fingerprint density at radius 2 is 1.89 bits per heavy atom. The Bertz CT molecular complexity index is 1080. The zero-order valence-corrected chi connectivity index (χ0v) is 16.5. The molecule has 1 aromatic heterocycles. The summed E-state index contributed by atoms with van der Waals surface area (Å²) in [6, 6.07) is 15.9. The van der Waals surface area contributed by atoms with E-state index >= 15 is 0 Å². The predicted octanol–water partition coefficient (Wildman–Crippen LogP) is 3.22. The topological polar surface area (TPSA) is 79.4 Å². The van der Waals surface area contributed by atoms with Gasteiger partial charge in [0.2, 0.25) is 15.9 Å². The number of carbonyl (C=O) groups is 1. The third-order valence-electron chi connectivity index (χ3n) is 4.00. The summed E-state index contributed by atoms with van der Waals surface area (Å²) in [5.41, 5.74) is 1.02. The Kier molecular flexibility index (Phi) is 5.79. The second-order valence-corrected chi connectivity index (χ2v) is 8.77. The monoisotopic (exact) mass is 401 g/mol. The summed E-state index contributed by atoms with van der Waals surface area (Å²) < 4.78 is 26.9. The Morgan fingerprint density at radius 1 is 1.15 bits per heavy atom. The summed E-state index contributed by atoms with van der Waals surface area (Å²) >= 11 is 1.56. The molecule has 0 atom stereocenters. The summed E-state index contributed by atoms with van der Waals surface area (Å²) in [5.74, 6) is -0.410. The molecule has 1 amide bonds. The molecule has 8 heteroatoms. The number of nitrogens with one attached hydrogen (secondary N) is 1. The molecule has 2 aromatic carbocycles. The largest absolute Gasteiger partial charge is 0.325 e.